The summed E-state index contributed by atoms with van der Waals surface area (Å²) in [6, 6.07) is 5.22. The minimum Gasteiger partial charge on any atom is -0.492 e. The highest BCUT2D eigenvalue weighted by Gasteiger charge is 2.08. The molecular formula is C14H21ClN2O2. The van der Waals surface area contributed by atoms with Crippen molar-refractivity contribution in [3.63, 3.8) is 0 Å². The highest BCUT2D eigenvalue weighted by Crippen LogP contribution is 2.27. The van der Waals surface area contributed by atoms with Crippen LogP contribution < -0.4 is 15.8 Å². The van der Waals surface area contributed by atoms with Gasteiger partial charge >= 0.3 is 0 Å². The van der Waals surface area contributed by atoms with Gasteiger partial charge in [-0.15, -0.1) is 0 Å². The Labute approximate surface area is 119 Å². The van der Waals surface area contributed by atoms with Crippen LogP contribution in [0.15, 0.2) is 18.2 Å². The van der Waals surface area contributed by atoms with Gasteiger partial charge in [0.25, 0.3) is 0 Å². The molecule has 0 aromatic heterocycles. The van der Waals surface area contributed by atoms with E-state index in [0.717, 1.165) is 6.42 Å². The Morgan fingerprint density at radius 2 is 2.26 bits per heavy atom. The first-order chi connectivity index (χ1) is 9.06. The summed E-state index contributed by atoms with van der Waals surface area (Å²) < 4.78 is 5.33. The third-order valence-electron chi connectivity index (χ3n) is 2.78. The normalized spacial score (nSPS) is 12.0. The van der Waals surface area contributed by atoms with Gasteiger partial charge in [0.05, 0.1) is 11.6 Å². The number of hydrogen-bond donors (Lipinski definition) is 2. The van der Waals surface area contributed by atoms with Crippen LogP contribution in [-0.4, -0.2) is 19.1 Å². The van der Waals surface area contributed by atoms with Crippen LogP contribution in [0.4, 0.5) is 5.69 Å². The molecule has 0 aliphatic rings. The summed E-state index contributed by atoms with van der Waals surface area (Å²) in [5.41, 5.74) is 6.19. The number of carbonyl (C=O) groups is 1. The largest absolute Gasteiger partial charge is 0.492 e. The summed E-state index contributed by atoms with van der Waals surface area (Å²) in [7, 11) is 0. The maximum absolute atomic E-state index is 11.7. The number of ether oxygens (including phenoxy) is 1. The lowest BCUT2D eigenvalue weighted by atomic mass is 10.1. The number of benzene rings is 1. The average molecular weight is 285 g/mol. The van der Waals surface area contributed by atoms with Crippen molar-refractivity contribution in [2.24, 2.45) is 11.7 Å². The van der Waals surface area contributed by atoms with Crippen LogP contribution >= 0.6 is 11.6 Å². The van der Waals surface area contributed by atoms with Crippen LogP contribution in [0, 0.1) is 5.92 Å². The Kier molecular flexibility index (Phi) is 6.67. The van der Waals surface area contributed by atoms with Gasteiger partial charge in [0, 0.05) is 12.1 Å². The van der Waals surface area contributed by atoms with E-state index in [9.17, 15) is 4.79 Å². The average Bonchev–Trinajstić information content (AvgIpc) is 2.39. The van der Waals surface area contributed by atoms with Gasteiger partial charge in [-0.05, 0) is 44.0 Å². The molecule has 1 unspecified atom stereocenters. The van der Waals surface area contributed by atoms with Crippen molar-refractivity contribution in [1.29, 1.82) is 0 Å². The van der Waals surface area contributed by atoms with Gasteiger partial charge in [0.1, 0.15) is 5.75 Å². The zero-order valence-corrected chi connectivity index (χ0v) is 12.2. The van der Waals surface area contributed by atoms with Gasteiger partial charge in [0.2, 0.25) is 5.91 Å². The first-order valence-corrected chi connectivity index (χ1v) is 6.86. The molecule has 1 aromatic rings. The smallest absolute Gasteiger partial charge is 0.224 e. The molecule has 0 saturated carbocycles. The van der Waals surface area contributed by atoms with Crippen molar-refractivity contribution in [3.05, 3.63) is 23.2 Å². The van der Waals surface area contributed by atoms with Crippen molar-refractivity contribution >= 4 is 23.2 Å². The molecule has 1 rings (SSSR count). The molecule has 0 aliphatic heterocycles. The SMILES string of the molecule is CCOc1ccc(NC(=O)CCC(C)CN)cc1Cl. The summed E-state index contributed by atoms with van der Waals surface area (Å²) in [4.78, 5) is 11.7. The fourth-order valence-electron chi connectivity index (χ4n) is 1.57. The molecule has 4 nitrogen and oxygen atoms in total. The van der Waals surface area contributed by atoms with Crippen molar-refractivity contribution < 1.29 is 9.53 Å². The van der Waals surface area contributed by atoms with Gasteiger partial charge in [-0.1, -0.05) is 18.5 Å². The van der Waals surface area contributed by atoms with Crippen LogP contribution in [0.25, 0.3) is 0 Å². The van der Waals surface area contributed by atoms with Crippen LogP contribution in [-0.2, 0) is 4.79 Å². The minimum absolute atomic E-state index is 0.0273. The summed E-state index contributed by atoms with van der Waals surface area (Å²) in [6.07, 6.45) is 1.25. The number of amides is 1. The number of nitrogens with one attached hydrogen (secondary N) is 1. The molecular weight excluding hydrogens is 264 g/mol. The van der Waals surface area contributed by atoms with Gasteiger partial charge in [-0.25, -0.2) is 0 Å². The molecule has 1 aromatic carbocycles. The molecule has 0 aliphatic carbocycles. The van der Waals surface area contributed by atoms with Crippen LogP contribution in [0.5, 0.6) is 5.75 Å². The Bertz CT molecular complexity index is 424. The Hall–Kier alpha value is -1.26. The Morgan fingerprint density at radius 3 is 2.84 bits per heavy atom. The molecule has 0 radical (unpaired) electrons. The van der Waals surface area contributed by atoms with E-state index in [1.54, 1.807) is 18.2 Å². The maximum Gasteiger partial charge on any atom is 0.224 e. The number of hydrogen-bond acceptors (Lipinski definition) is 3. The lowest BCUT2D eigenvalue weighted by Gasteiger charge is -2.10. The van der Waals surface area contributed by atoms with Gasteiger partial charge in [0.15, 0.2) is 0 Å². The highest BCUT2D eigenvalue weighted by molar-refractivity contribution is 6.32. The monoisotopic (exact) mass is 284 g/mol. The van der Waals surface area contributed by atoms with E-state index in [4.69, 9.17) is 22.1 Å². The second-order valence-electron chi connectivity index (χ2n) is 4.51. The molecule has 5 heteroatoms. The van der Waals surface area contributed by atoms with E-state index in [1.807, 2.05) is 13.8 Å². The van der Waals surface area contributed by atoms with E-state index in [1.165, 1.54) is 0 Å². The predicted molar refractivity (Wildman–Crippen MR) is 78.7 cm³/mol. The summed E-state index contributed by atoms with van der Waals surface area (Å²) >= 11 is 6.05. The maximum atomic E-state index is 11.7. The zero-order chi connectivity index (χ0) is 14.3. The van der Waals surface area contributed by atoms with Crippen molar-refractivity contribution in [3.8, 4) is 5.75 Å². The second-order valence-corrected chi connectivity index (χ2v) is 4.91. The molecule has 106 valence electrons. The summed E-state index contributed by atoms with van der Waals surface area (Å²) in [5.74, 6) is 0.953. The van der Waals surface area contributed by atoms with Crippen molar-refractivity contribution in [1.82, 2.24) is 0 Å². The summed E-state index contributed by atoms with van der Waals surface area (Å²) in [6.45, 7) is 5.08. The molecule has 0 spiro atoms. The fraction of sp³-hybridized carbons (Fsp3) is 0.500. The van der Waals surface area contributed by atoms with E-state index in [2.05, 4.69) is 5.32 Å². The zero-order valence-electron chi connectivity index (χ0n) is 11.4. The Morgan fingerprint density at radius 1 is 1.53 bits per heavy atom. The van der Waals surface area contributed by atoms with Gasteiger partial charge in [-0.3, -0.25) is 4.79 Å². The van der Waals surface area contributed by atoms with Crippen molar-refractivity contribution in [2.45, 2.75) is 26.7 Å². The topological polar surface area (TPSA) is 64.3 Å². The molecule has 0 fully saturated rings. The van der Waals surface area contributed by atoms with E-state index in [-0.39, 0.29) is 5.91 Å². The second kappa shape index (κ2) is 8.02. The first kappa shape index (κ1) is 15.8. The minimum atomic E-state index is -0.0273. The molecule has 3 N–H and O–H groups in total. The van der Waals surface area contributed by atoms with Crippen molar-refractivity contribution in [2.75, 3.05) is 18.5 Å². The van der Waals surface area contributed by atoms with E-state index in [0.29, 0.717) is 41.9 Å². The van der Waals surface area contributed by atoms with Crippen LogP contribution in [0.2, 0.25) is 5.02 Å². The lowest BCUT2D eigenvalue weighted by molar-refractivity contribution is -0.116. The standard InChI is InChI=1S/C14H21ClN2O2/c1-3-19-13-6-5-11(8-12(13)15)17-14(18)7-4-10(2)9-16/h5-6,8,10H,3-4,7,9,16H2,1-2H3,(H,17,18). The first-order valence-electron chi connectivity index (χ1n) is 6.49. The molecule has 1 atom stereocenters. The van der Waals surface area contributed by atoms with E-state index < -0.39 is 0 Å². The van der Waals surface area contributed by atoms with E-state index >= 15 is 0 Å². The number of halogens is 1. The van der Waals surface area contributed by atoms with Gasteiger partial charge in [-0.2, -0.15) is 0 Å². The number of nitrogens with two attached hydrogens (primary N) is 1. The molecule has 0 heterocycles. The van der Waals surface area contributed by atoms with Crippen LogP contribution in [0.3, 0.4) is 0 Å². The molecule has 0 bridgehead atoms. The fourth-order valence-corrected chi connectivity index (χ4v) is 1.81. The number of anilines is 1. The molecule has 1 amide bonds. The van der Waals surface area contributed by atoms with Gasteiger partial charge < -0.3 is 15.8 Å². The van der Waals surface area contributed by atoms with Crippen LogP contribution in [0.1, 0.15) is 26.7 Å². The number of carbonyl (C=O) groups excluding carboxylic acids is 1. The predicted octanol–water partition coefficient (Wildman–Crippen LogP) is 3.05. The lowest BCUT2D eigenvalue weighted by Crippen LogP contribution is -2.16. The third-order valence-corrected chi connectivity index (χ3v) is 3.08. The quantitative estimate of drug-likeness (QED) is 0.809. The Balaban J connectivity index is 2.53. The molecule has 19 heavy (non-hydrogen) atoms. The number of rotatable bonds is 7. The summed E-state index contributed by atoms with van der Waals surface area (Å²) in [5, 5.41) is 3.31. The third kappa shape index (κ3) is 5.49. The highest BCUT2D eigenvalue weighted by atomic mass is 35.5. The molecule has 0 saturated heterocycles.